The number of carbonyl (C=O) groups excluding carboxylic acids is 1. The van der Waals surface area contributed by atoms with E-state index in [4.69, 9.17) is 9.47 Å². The fourth-order valence-corrected chi connectivity index (χ4v) is 2.14. The van der Waals surface area contributed by atoms with Crippen LogP contribution in [0.25, 0.3) is 0 Å². The van der Waals surface area contributed by atoms with Crippen LogP contribution in [0.3, 0.4) is 0 Å². The van der Waals surface area contributed by atoms with E-state index in [-0.39, 0.29) is 5.91 Å². The summed E-state index contributed by atoms with van der Waals surface area (Å²) in [5.74, 6) is 0.679. The number of ether oxygens (including phenoxy) is 2. The van der Waals surface area contributed by atoms with Crippen LogP contribution in [0.1, 0.15) is 12.8 Å². The topological polar surface area (TPSA) is 50.8 Å². The lowest BCUT2D eigenvalue weighted by Crippen LogP contribution is -2.45. The largest absolute Gasteiger partial charge is 0.384 e. The number of hydrogen-bond donors (Lipinski definition) is 1. The monoisotopic (exact) mass is 244 g/mol. The number of nitrogens with zero attached hydrogens (tertiary/aromatic N) is 1. The lowest BCUT2D eigenvalue weighted by Gasteiger charge is -2.32. The Labute approximate surface area is 103 Å². The summed E-state index contributed by atoms with van der Waals surface area (Å²) >= 11 is 0. The van der Waals surface area contributed by atoms with E-state index >= 15 is 0 Å². The van der Waals surface area contributed by atoms with Crippen molar-refractivity contribution < 1.29 is 14.3 Å². The Hall–Kier alpha value is -0.650. The van der Waals surface area contributed by atoms with Gasteiger partial charge in [0.15, 0.2) is 0 Å². The molecule has 0 spiro atoms. The molecule has 1 N–H and O–H groups in total. The van der Waals surface area contributed by atoms with E-state index in [9.17, 15) is 4.79 Å². The summed E-state index contributed by atoms with van der Waals surface area (Å²) in [4.78, 5) is 13.8. The van der Waals surface area contributed by atoms with Gasteiger partial charge in [0.25, 0.3) is 0 Å². The zero-order chi connectivity index (χ0) is 12.5. The normalized spacial score (nSPS) is 20.6. The van der Waals surface area contributed by atoms with Crippen LogP contribution in [-0.2, 0) is 14.3 Å². The van der Waals surface area contributed by atoms with Crippen LogP contribution < -0.4 is 5.32 Å². The Balaban J connectivity index is 2.21. The second kappa shape index (κ2) is 8.44. The molecule has 5 nitrogen and oxygen atoms in total. The molecule has 100 valence electrons. The van der Waals surface area contributed by atoms with Crippen molar-refractivity contribution in [3.8, 4) is 0 Å². The highest BCUT2D eigenvalue weighted by Gasteiger charge is 2.22. The van der Waals surface area contributed by atoms with Crippen molar-refractivity contribution in [2.75, 3.05) is 53.6 Å². The molecule has 1 fully saturated rings. The lowest BCUT2D eigenvalue weighted by molar-refractivity contribution is -0.132. The molecule has 0 aromatic carbocycles. The Kier molecular flexibility index (Phi) is 7.16. The van der Waals surface area contributed by atoms with Gasteiger partial charge in [0.1, 0.15) is 0 Å². The molecule has 0 radical (unpaired) electrons. The molecule has 1 amide bonds. The first-order valence-corrected chi connectivity index (χ1v) is 6.24. The first-order chi connectivity index (χ1) is 8.27. The zero-order valence-electron chi connectivity index (χ0n) is 10.9. The van der Waals surface area contributed by atoms with Crippen LogP contribution in [0.4, 0.5) is 0 Å². The van der Waals surface area contributed by atoms with Crippen LogP contribution in [0, 0.1) is 5.92 Å². The maximum Gasteiger partial charge on any atom is 0.236 e. The molecule has 1 saturated heterocycles. The number of piperidine rings is 1. The second-order valence-electron chi connectivity index (χ2n) is 4.47. The standard InChI is InChI=1S/C12H24N2O3/c1-16-7-5-13-8-12(15)14-6-3-4-11(9-14)10-17-2/h11,13H,3-10H2,1-2H3. The fraction of sp³-hybridized carbons (Fsp3) is 0.917. The molecule has 0 aromatic heterocycles. The third-order valence-corrected chi connectivity index (χ3v) is 3.03. The van der Waals surface area contributed by atoms with E-state index in [0.29, 0.717) is 19.1 Å². The summed E-state index contributed by atoms with van der Waals surface area (Å²) in [6, 6.07) is 0. The van der Waals surface area contributed by atoms with E-state index in [2.05, 4.69) is 5.32 Å². The van der Waals surface area contributed by atoms with Crippen molar-refractivity contribution in [2.45, 2.75) is 12.8 Å². The summed E-state index contributed by atoms with van der Waals surface area (Å²) in [7, 11) is 3.37. The summed E-state index contributed by atoms with van der Waals surface area (Å²) in [5.41, 5.74) is 0. The predicted molar refractivity (Wildman–Crippen MR) is 65.9 cm³/mol. The lowest BCUT2D eigenvalue weighted by atomic mass is 9.99. The van der Waals surface area contributed by atoms with Gasteiger partial charge in [-0.25, -0.2) is 0 Å². The van der Waals surface area contributed by atoms with Gasteiger partial charge in [-0.2, -0.15) is 0 Å². The first kappa shape index (κ1) is 14.4. The highest BCUT2D eigenvalue weighted by molar-refractivity contribution is 5.78. The van der Waals surface area contributed by atoms with Crippen LogP contribution >= 0.6 is 0 Å². The Bertz CT molecular complexity index is 222. The summed E-state index contributed by atoms with van der Waals surface area (Å²) in [6.45, 7) is 4.23. The van der Waals surface area contributed by atoms with Gasteiger partial charge in [-0.3, -0.25) is 4.79 Å². The van der Waals surface area contributed by atoms with Crippen molar-refractivity contribution in [1.29, 1.82) is 0 Å². The molecular formula is C12H24N2O3. The van der Waals surface area contributed by atoms with E-state index in [1.165, 1.54) is 0 Å². The molecule has 17 heavy (non-hydrogen) atoms. The maximum absolute atomic E-state index is 11.9. The highest BCUT2D eigenvalue weighted by atomic mass is 16.5. The van der Waals surface area contributed by atoms with Gasteiger partial charge in [0, 0.05) is 33.9 Å². The summed E-state index contributed by atoms with van der Waals surface area (Å²) < 4.78 is 10.1. The van der Waals surface area contributed by atoms with Crippen molar-refractivity contribution in [2.24, 2.45) is 5.92 Å². The number of nitrogens with one attached hydrogen (secondary N) is 1. The molecule has 0 aliphatic carbocycles. The van der Waals surface area contributed by atoms with Crippen LogP contribution in [0.15, 0.2) is 0 Å². The van der Waals surface area contributed by atoms with E-state index in [1.54, 1.807) is 14.2 Å². The van der Waals surface area contributed by atoms with Gasteiger partial charge in [-0.05, 0) is 18.8 Å². The average molecular weight is 244 g/mol. The number of likely N-dealkylation sites (tertiary alicyclic amines) is 1. The minimum absolute atomic E-state index is 0.182. The molecule has 1 unspecified atom stereocenters. The Morgan fingerprint density at radius 2 is 2.24 bits per heavy atom. The molecule has 5 heteroatoms. The molecule has 0 aromatic rings. The maximum atomic E-state index is 11.9. The van der Waals surface area contributed by atoms with Gasteiger partial charge in [0.05, 0.1) is 19.8 Å². The molecule has 1 aliphatic rings. The van der Waals surface area contributed by atoms with E-state index < -0.39 is 0 Å². The van der Waals surface area contributed by atoms with Crippen molar-refractivity contribution in [3.05, 3.63) is 0 Å². The van der Waals surface area contributed by atoms with Crippen molar-refractivity contribution in [1.82, 2.24) is 10.2 Å². The third kappa shape index (κ3) is 5.48. The zero-order valence-corrected chi connectivity index (χ0v) is 10.9. The van der Waals surface area contributed by atoms with Crippen molar-refractivity contribution >= 4 is 5.91 Å². The molecule has 1 rings (SSSR count). The second-order valence-corrected chi connectivity index (χ2v) is 4.47. The number of methoxy groups -OCH3 is 2. The fourth-order valence-electron chi connectivity index (χ4n) is 2.14. The SMILES string of the molecule is COCCNCC(=O)N1CCCC(COC)C1. The molecular weight excluding hydrogens is 220 g/mol. The Morgan fingerprint density at radius 3 is 2.94 bits per heavy atom. The van der Waals surface area contributed by atoms with Crippen molar-refractivity contribution in [3.63, 3.8) is 0 Å². The smallest absolute Gasteiger partial charge is 0.236 e. The quantitative estimate of drug-likeness (QED) is 0.646. The van der Waals surface area contributed by atoms with Crippen LogP contribution in [-0.4, -0.2) is 64.4 Å². The van der Waals surface area contributed by atoms with Crippen LogP contribution in [0.2, 0.25) is 0 Å². The molecule has 0 bridgehead atoms. The number of hydrogen-bond acceptors (Lipinski definition) is 4. The number of amides is 1. The summed E-state index contributed by atoms with van der Waals surface area (Å²) in [6.07, 6.45) is 2.24. The van der Waals surface area contributed by atoms with Gasteiger partial charge >= 0.3 is 0 Å². The Morgan fingerprint density at radius 1 is 1.41 bits per heavy atom. The molecule has 1 aliphatic heterocycles. The highest BCUT2D eigenvalue weighted by Crippen LogP contribution is 2.16. The van der Waals surface area contributed by atoms with Gasteiger partial charge < -0.3 is 19.7 Å². The average Bonchev–Trinajstić information content (AvgIpc) is 2.35. The van der Waals surface area contributed by atoms with Gasteiger partial charge in [-0.1, -0.05) is 0 Å². The van der Waals surface area contributed by atoms with Gasteiger partial charge in [-0.15, -0.1) is 0 Å². The minimum Gasteiger partial charge on any atom is -0.384 e. The van der Waals surface area contributed by atoms with Crippen LogP contribution in [0.5, 0.6) is 0 Å². The van der Waals surface area contributed by atoms with E-state index in [0.717, 1.165) is 39.1 Å². The molecule has 0 saturated carbocycles. The molecule has 1 atom stereocenters. The van der Waals surface area contributed by atoms with Gasteiger partial charge in [0.2, 0.25) is 5.91 Å². The van der Waals surface area contributed by atoms with E-state index in [1.807, 2.05) is 4.90 Å². The molecule has 1 heterocycles. The predicted octanol–water partition coefficient (Wildman–Crippen LogP) is 0.107. The first-order valence-electron chi connectivity index (χ1n) is 6.24. The summed E-state index contributed by atoms with van der Waals surface area (Å²) in [5, 5.41) is 3.08. The number of rotatable bonds is 7. The number of carbonyl (C=O) groups is 1. The minimum atomic E-state index is 0.182. The third-order valence-electron chi connectivity index (χ3n) is 3.03.